The van der Waals surface area contributed by atoms with Gasteiger partial charge < -0.3 is 5.32 Å². The second-order valence-electron chi connectivity index (χ2n) is 6.37. The highest BCUT2D eigenvalue weighted by molar-refractivity contribution is 6.31. The standard InChI is InChI=1S/C20H15Cl2N5O2/c1-11-16-17(12-3-5-13(21)6-4-12)18(27(28)29)19(23-2)24-20(16)26(25-11)15-9-7-14(22)8-10-15/h3-10H,1-2H3,(H,23,24). The summed E-state index contributed by atoms with van der Waals surface area (Å²) < 4.78 is 1.66. The Balaban J connectivity index is 2.13. The topological polar surface area (TPSA) is 85.9 Å². The molecular formula is C20H15Cl2N5O2. The number of fused-ring (bicyclic) bond motifs is 1. The molecular weight excluding hydrogens is 413 g/mol. The monoisotopic (exact) mass is 427 g/mol. The molecule has 0 aliphatic rings. The molecule has 0 bridgehead atoms. The third kappa shape index (κ3) is 3.28. The van der Waals surface area contributed by atoms with Gasteiger partial charge in [-0.2, -0.15) is 5.10 Å². The lowest BCUT2D eigenvalue weighted by Gasteiger charge is -2.11. The van der Waals surface area contributed by atoms with Crippen molar-refractivity contribution in [2.45, 2.75) is 6.92 Å². The Morgan fingerprint density at radius 1 is 1.03 bits per heavy atom. The lowest BCUT2D eigenvalue weighted by atomic mass is 10.00. The normalized spacial score (nSPS) is 11.0. The summed E-state index contributed by atoms with van der Waals surface area (Å²) in [5.74, 6) is 0.155. The number of anilines is 1. The first-order chi connectivity index (χ1) is 13.9. The molecule has 0 atom stereocenters. The van der Waals surface area contributed by atoms with Crippen molar-refractivity contribution in [2.75, 3.05) is 12.4 Å². The molecule has 0 amide bonds. The van der Waals surface area contributed by atoms with Crippen LogP contribution < -0.4 is 5.32 Å². The van der Waals surface area contributed by atoms with E-state index in [9.17, 15) is 10.1 Å². The number of benzene rings is 2. The maximum absolute atomic E-state index is 12.0. The summed E-state index contributed by atoms with van der Waals surface area (Å²) in [7, 11) is 1.60. The van der Waals surface area contributed by atoms with Crippen molar-refractivity contribution in [3.05, 3.63) is 74.4 Å². The van der Waals surface area contributed by atoms with Gasteiger partial charge in [0.05, 0.1) is 27.3 Å². The van der Waals surface area contributed by atoms with Crippen LogP contribution in [0.15, 0.2) is 48.5 Å². The van der Waals surface area contributed by atoms with E-state index in [1.165, 1.54) is 0 Å². The second kappa shape index (κ2) is 7.35. The minimum absolute atomic E-state index is 0.110. The Hall–Kier alpha value is -3.16. The minimum atomic E-state index is -0.429. The SMILES string of the molecule is CNc1nc2c(c(C)nn2-c2ccc(Cl)cc2)c(-c2ccc(Cl)cc2)c1[N+](=O)[O-]. The van der Waals surface area contributed by atoms with E-state index in [0.29, 0.717) is 37.9 Å². The van der Waals surface area contributed by atoms with Crippen molar-refractivity contribution >= 4 is 45.7 Å². The molecule has 4 rings (SSSR count). The average Bonchev–Trinajstić information content (AvgIpc) is 3.04. The first-order valence-electron chi connectivity index (χ1n) is 8.68. The van der Waals surface area contributed by atoms with Gasteiger partial charge in [-0.1, -0.05) is 35.3 Å². The van der Waals surface area contributed by atoms with E-state index in [1.54, 1.807) is 55.1 Å². The average molecular weight is 428 g/mol. The van der Waals surface area contributed by atoms with Gasteiger partial charge in [-0.25, -0.2) is 9.67 Å². The third-order valence-corrected chi connectivity index (χ3v) is 5.09. The fourth-order valence-corrected chi connectivity index (χ4v) is 3.57. The highest BCUT2D eigenvalue weighted by Crippen LogP contribution is 2.42. The number of nitro groups is 1. The third-order valence-electron chi connectivity index (χ3n) is 4.59. The van der Waals surface area contributed by atoms with Gasteiger partial charge in [0.15, 0.2) is 5.65 Å². The lowest BCUT2D eigenvalue weighted by Crippen LogP contribution is -2.04. The number of hydrogen-bond acceptors (Lipinski definition) is 5. The molecule has 146 valence electrons. The molecule has 2 aromatic carbocycles. The number of nitrogens with zero attached hydrogens (tertiary/aromatic N) is 4. The molecule has 2 heterocycles. The van der Waals surface area contributed by atoms with E-state index < -0.39 is 4.92 Å². The Kier molecular flexibility index (Phi) is 4.86. The van der Waals surface area contributed by atoms with Crippen LogP contribution in [0.5, 0.6) is 0 Å². The van der Waals surface area contributed by atoms with Gasteiger partial charge in [-0.3, -0.25) is 10.1 Å². The van der Waals surface area contributed by atoms with Crippen LogP contribution >= 0.6 is 23.2 Å². The molecule has 0 radical (unpaired) electrons. The first-order valence-corrected chi connectivity index (χ1v) is 9.43. The molecule has 29 heavy (non-hydrogen) atoms. The Bertz CT molecular complexity index is 1230. The van der Waals surface area contributed by atoms with Crippen molar-refractivity contribution in [1.82, 2.24) is 14.8 Å². The summed E-state index contributed by atoms with van der Waals surface area (Å²) in [6.07, 6.45) is 0. The molecule has 2 aromatic heterocycles. The van der Waals surface area contributed by atoms with Crippen molar-refractivity contribution < 1.29 is 4.92 Å². The number of rotatable bonds is 4. The van der Waals surface area contributed by atoms with E-state index in [-0.39, 0.29) is 11.5 Å². The first kappa shape index (κ1) is 19.2. The van der Waals surface area contributed by atoms with E-state index in [4.69, 9.17) is 23.2 Å². The Morgan fingerprint density at radius 2 is 1.62 bits per heavy atom. The molecule has 7 nitrogen and oxygen atoms in total. The van der Waals surface area contributed by atoms with Crippen molar-refractivity contribution in [3.8, 4) is 16.8 Å². The fraction of sp³-hybridized carbons (Fsp3) is 0.100. The van der Waals surface area contributed by atoms with Crippen LogP contribution in [0.2, 0.25) is 10.0 Å². The smallest absolute Gasteiger partial charge is 0.319 e. The van der Waals surface area contributed by atoms with Crippen LogP contribution in [0.25, 0.3) is 27.8 Å². The Morgan fingerprint density at radius 3 is 2.17 bits per heavy atom. The number of aryl methyl sites for hydroxylation is 1. The van der Waals surface area contributed by atoms with Crippen molar-refractivity contribution in [1.29, 1.82) is 0 Å². The summed E-state index contributed by atoms with van der Waals surface area (Å²) in [5.41, 5.74) is 2.87. The van der Waals surface area contributed by atoms with Gasteiger partial charge in [0.2, 0.25) is 5.82 Å². The van der Waals surface area contributed by atoms with Gasteiger partial charge in [0.25, 0.3) is 0 Å². The van der Waals surface area contributed by atoms with E-state index in [1.807, 2.05) is 12.1 Å². The zero-order valence-corrected chi connectivity index (χ0v) is 17.0. The van der Waals surface area contributed by atoms with Gasteiger partial charge in [0.1, 0.15) is 0 Å². The molecule has 0 spiro atoms. The second-order valence-corrected chi connectivity index (χ2v) is 7.24. The zero-order chi connectivity index (χ0) is 20.7. The largest absolute Gasteiger partial charge is 0.367 e. The molecule has 0 saturated heterocycles. The number of aromatic nitrogens is 3. The van der Waals surface area contributed by atoms with Gasteiger partial charge in [0, 0.05) is 17.1 Å². The lowest BCUT2D eigenvalue weighted by molar-refractivity contribution is -0.383. The molecule has 0 saturated carbocycles. The molecule has 0 fully saturated rings. The van der Waals surface area contributed by atoms with E-state index in [2.05, 4.69) is 15.4 Å². The van der Waals surface area contributed by atoms with Gasteiger partial charge >= 0.3 is 5.69 Å². The number of halogens is 2. The van der Waals surface area contributed by atoms with Crippen LogP contribution in [-0.4, -0.2) is 26.7 Å². The van der Waals surface area contributed by atoms with Crippen molar-refractivity contribution in [3.63, 3.8) is 0 Å². The summed E-state index contributed by atoms with van der Waals surface area (Å²) >= 11 is 12.0. The van der Waals surface area contributed by atoms with Crippen LogP contribution in [0.4, 0.5) is 11.5 Å². The molecule has 4 aromatic rings. The summed E-state index contributed by atoms with van der Waals surface area (Å²) in [4.78, 5) is 16.1. The summed E-state index contributed by atoms with van der Waals surface area (Å²) in [5, 5.41) is 21.2. The highest BCUT2D eigenvalue weighted by atomic mass is 35.5. The minimum Gasteiger partial charge on any atom is -0.367 e. The highest BCUT2D eigenvalue weighted by Gasteiger charge is 2.29. The fourth-order valence-electron chi connectivity index (χ4n) is 3.32. The molecule has 1 N–H and O–H groups in total. The molecule has 0 aliphatic heterocycles. The summed E-state index contributed by atoms with van der Waals surface area (Å²) in [6.45, 7) is 1.80. The van der Waals surface area contributed by atoms with Crippen LogP contribution in [0, 0.1) is 17.0 Å². The Labute approximate surface area is 176 Å². The predicted molar refractivity (Wildman–Crippen MR) is 115 cm³/mol. The van der Waals surface area contributed by atoms with E-state index >= 15 is 0 Å². The molecule has 0 aliphatic carbocycles. The van der Waals surface area contributed by atoms with Gasteiger partial charge in [-0.05, 0) is 48.9 Å². The number of hydrogen-bond donors (Lipinski definition) is 1. The van der Waals surface area contributed by atoms with E-state index in [0.717, 1.165) is 5.69 Å². The van der Waals surface area contributed by atoms with Gasteiger partial charge in [-0.15, -0.1) is 0 Å². The predicted octanol–water partition coefficient (Wildman–Crippen LogP) is 5.65. The maximum Gasteiger partial charge on any atom is 0.319 e. The number of nitrogens with one attached hydrogen (secondary N) is 1. The molecule has 9 heteroatoms. The summed E-state index contributed by atoms with van der Waals surface area (Å²) in [6, 6.07) is 14.0. The van der Waals surface area contributed by atoms with Crippen LogP contribution in [0.3, 0.4) is 0 Å². The molecule has 0 unspecified atom stereocenters. The van der Waals surface area contributed by atoms with Crippen LogP contribution in [0.1, 0.15) is 5.69 Å². The maximum atomic E-state index is 12.0. The van der Waals surface area contributed by atoms with Crippen LogP contribution in [-0.2, 0) is 0 Å². The number of pyridine rings is 1. The van der Waals surface area contributed by atoms with Crippen molar-refractivity contribution in [2.24, 2.45) is 0 Å². The quantitative estimate of drug-likeness (QED) is 0.335. The zero-order valence-electron chi connectivity index (χ0n) is 15.5.